The lowest BCUT2D eigenvalue weighted by atomic mass is 10.1. The molecule has 4 heteroatoms. The minimum absolute atomic E-state index is 0.0336. The highest BCUT2D eigenvalue weighted by atomic mass is 16.5. The molecule has 2 aromatic rings. The molecule has 0 saturated heterocycles. The molecular weight excluding hydrogens is 302 g/mol. The summed E-state index contributed by atoms with van der Waals surface area (Å²) in [6, 6.07) is 15.7. The fourth-order valence-corrected chi connectivity index (χ4v) is 2.28. The molecule has 0 fully saturated rings. The van der Waals surface area contributed by atoms with E-state index in [0.717, 1.165) is 12.0 Å². The number of amides is 1. The van der Waals surface area contributed by atoms with Crippen LogP contribution in [0.15, 0.2) is 54.6 Å². The minimum Gasteiger partial charge on any atom is -0.493 e. The summed E-state index contributed by atoms with van der Waals surface area (Å²) in [6.07, 6.45) is 4.73. The number of nitrogens with one attached hydrogen (secondary N) is 1. The summed E-state index contributed by atoms with van der Waals surface area (Å²) in [6.45, 7) is 2.51. The van der Waals surface area contributed by atoms with Crippen LogP contribution >= 0.6 is 0 Å². The number of methoxy groups -OCH3 is 1. The summed E-state index contributed by atoms with van der Waals surface area (Å²) in [7, 11) is 1.58. The van der Waals surface area contributed by atoms with E-state index in [9.17, 15) is 4.79 Å². The largest absolute Gasteiger partial charge is 0.493 e. The van der Waals surface area contributed by atoms with Gasteiger partial charge >= 0.3 is 0 Å². The lowest BCUT2D eigenvalue weighted by Crippen LogP contribution is -2.30. The Hall–Kier alpha value is -2.75. The fourth-order valence-electron chi connectivity index (χ4n) is 2.28. The van der Waals surface area contributed by atoms with E-state index >= 15 is 0 Å². The first-order valence-corrected chi connectivity index (χ1v) is 7.97. The molecule has 0 saturated carbocycles. The van der Waals surface area contributed by atoms with Gasteiger partial charge in [-0.3, -0.25) is 4.79 Å². The Morgan fingerprint density at radius 3 is 2.62 bits per heavy atom. The van der Waals surface area contributed by atoms with Crippen molar-refractivity contribution < 1.29 is 14.3 Å². The van der Waals surface area contributed by atoms with E-state index < -0.39 is 0 Å². The molecule has 0 aliphatic rings. The highest BCUT2D eigenvalue weighted by Crippen LogP contribution is 2.28. The lowest BCUT2D eigenvalue weighted by molar-refractivity contribution is -0.123. The van der Waals surface area contributed by atoms with Gasteiger partial charge in [0.25, 0.3) is 5.91 Å². The standard InChI is InChI=1S/C20H23NO3/c1-3-7-17-10-11-18(19(14-17)23-2)24-15-20(22)21-13-12-16-8-5-4-6-9-16/h3-11,14H,12-13,15H2,1-2H3,(H,21,22)/b7-3+. The molecule has 0 bridgehead atoms. The van der Waals surface area contributed by atoms with Gasteiger partial charge in [0, 0.05) is 6.54 Å². The van der Waals surface area contributed by atoms with Gasteiger partial charge < -0.3 is 14.8 Å². The molecule has 2 rings (SSSR count). The number of rotatable bonds is 8. The Morgan fingerprint density at radius 2 is 1.92 bits per heavy atom. The second-order valence-corrected chi connectivity index (χ2v) is 5.28. The average Bonchev–Trinajstić information content (AvgIpc) is 2.61. The lowest BCUT2D eigenvalue weighted by Gasteiger charge is -2.11. The van der Waals surface area contributed by atoms with E-state index in [1.807, 2.05) is 67.6 Å². The first kappa shape index (κ1) is 17.6. The molecule has 24 heavy (non-hydrogen) atoms. The molecule has 0 atom stereocenters. The molecule has 1 amide bonds. The van der Waals surface area contributed by atoms with Gasteiger partial charge in [-0.1, -0.05) is 48.6 Å². The van der Waals surface area contributed by atoms with E-state index in [1.54, 1.807) is 7.11 Å². The molecule has 4 nitrogen and oxygen atoms in total. The summed E-state index contributed by atoms with van der Waals surface area (Å²) < 4.78 is 10.9. The summed E-state index contributed by atoms with van der Waals surface area (Å²) in [5.74, 6) is 1.03. The summed E-state index contributed by atoms with van der Waals surface area (Å²) in [5, 5.41) is 2.85. The quantitative estimate of drug-likeness (QED) is 0.808. The maximum absolute atomic E-state index is 11.9. The topological polar surface area (TPSA) is 47.6 Å². The van der Waals surface area contributed by atoms with Gasteiger partial charge in [-0.15, -0.1) is 0 Å². The number of ether oxygens (including phenoxy) is 2. The number of allylic oxidation sites excluding steroid dienone is 1. The SMILES string of the molecule is C/C=C/c1ccc(OCC(=O)NCCc2ccccc2)c(OC)c1. The van der Waals surface area contributed by atoms with E-state index in [2.05, 4.69) is 5.32 Å². The molecule has 0 unspecified atom stereocenters. The Morgan fingerprint density at radius 1 is 1.12 bits per heavy atom. The predicted octanol–water partition coefficient (Wildman–Crippen LogP) is 3.47. The maximum Gasteiger partial charge on any atom is 0.257 e. The molecule has 2 aromatic carbocycles. The van der Waals surface area contributed by atoms with Crippen molar-refractivity contribution in [2.24, 2.45) is 0 Å². The molecule has 0 aliphatic heterocycles. The molecule has 0 heterocycles. The van der Waals surface area contributed by atoms with Crippen LogP contribution in [0.1, 0.15) is 18.1 Å². The first-order valence-electron chi connectivity index (χ1n) is 7.97. The van der Waals surface area contributed by atoms with Crippen LogP contribution < -0.4 is 14.8 Å². The molecule has 0 aromatic heterocycles. The van der Waals surface area contributed by atoms with Gasteiger partial charge in [0.2, 0.25) is 0 Å². The Kier molecular flexibility index (Phi) is 6.90. The van der Waals surface area contributed by atoms with Crippen molar-refractivity contribution in [2.75, 3.05) is 20.3 Å². The second-order valence-electron chi connectivity index (χ2n) is 5.28. The van der Waals surface area contributed by atoms with Crippen LogP contribution in [0.5, 0.6) is 11.5 Å². The zero-order valence-electron chi connectivity index (χ0n) is 14.1. The van der Waals surface area contributed by atoms with Gasteiger partial charge in [-0.2, -0.15) is 0 Å². The summed E-state index contributed by atoms with van der Waals surface area (Å²) in [4.78, 5) is 11.9. The third-order valence-electron chi connectivity index (χ3n) is 3.48. The number of hydrogen-bond acceptors (Lipinski definition) is 3. The van der Waals surface area contributed by atoms with Gasteiger partial charge in [0.05, 0.1) is 7.11 Å². The zero-order chi connectivity index (χ0) is 17.2. The highest BCUT2D eigenvalue weighted by Gasteiger charge is 2.08. The number of carbonyl (C=O) groups is 1. The first-order chi connectivity index (χ1) is 11.7. The fraction of sp³-hybridized carbons (Fsp3) is 0.250. The molecular formula is C20H23NO3. The molecule has 0 radical (unpaired) electrons. The third kappa shape index (κ3) is 5.47. The number of carbonyl (C=O) groups excluding carboxylic acids is 1. The summed E-state index contributed by atoms with van der Waals surface area (Å²) in [5.41, 5.74) is 2.22. The summed E-state index contributed by atoms with van der Waals surface area (Å²) >= 11 is 0. The maximum atomic E-state index is 11.9. The monoisotopic (exact) mass is 325 g/mol. The van der Waals surface area contributed by atoms with Gasteiger partial charge in [-0.05, 0) is 36.6 Å². The van der Waals surface area contributed by atoms with Crippen LogP contribution in [0.2, 0.25) is 0 Å². The van der Waals surface area contributed by atoms with E-state index in [0.29, 0.717) is 18.0 Å². The smallest absolute Gasteiger partial charge is 0.257 e. The van der Waals surface area contributed by atoms with Crippen LogP contribution in [-0.4, -0.2) is 26.2 Å². The zero-order valence-corrected chi connectivity index (χ0v) is 14.1. The van der Waals surface area contributed by atoms with Crippen LogP contribution in [0.3, 0.4) is 0 Å². The van der Waals surface area contributed by atoms with Gasteiger partial charge in [-0.25, -0.2) is 0 Å². The second kappa shape index (κ2) is 9.40. The van der Waals surface area contributed by atoms with Crippen molar-refractivity contribution in [1.82, 2.24) is 5.32 Å². The number of benzene rings is 2. The van der Waals surface area contributed by atoms with Gasteiger partial charge in [0.1, 0.15) is 0 Å². The Bertz CT molecular complexity index is 681. The van der Waals surface area contributed by atoms with E-state index in [-0.39, 0.29) is 12.5 Å². The van der Waals surface area contributed by atoms with Crippen LogP contribution in [0.25, 0.3) is 6.08 Å². The van der Waals surface area contributed by atoms with E-state index in [1.165, 1.54) is 5.56 Å². The van der Waals surface area contributed by atoms with Crippen molar-refractivity contribution >= 4 is 12.0 Å². The molecule has 1 N–H and O–H groups in total. The van der Waals surface area contributed by atoms with Crippen LogP contribution in [-0.2, 0) is 11.2 Å². The van der Waals surface area contributed by atoms with E-state index in [4.69, 9.17) is 9.47 Å². The number of hydrogen-bond donors (Lipinski definition) is 1. The minimum atomic E-state index is -0.148. The van der Waals surface area contributed by atoms with Crippen LogP contribution in [0, 0.1) is 0 Å². The molecule has 0 spiro atoms. The average molecular weight is 325 g/mol. The molecule has 0 aliphatic carbocycles. The normalized spacial score (nSPS) is 10.6. The van der Waals surface area contributed by atoms with Crippen molar-refractivity contribution in [1.29, 1.82) is 0 Å². The third-order valence-corrected chi connectivity index (χ3v) is 3.48. The van der Waals surface area contributed by atoms with Crippen molar-refractivity contribution in [3.63, 3.8) is 0 Å². The highest BCUT2D eigenvalue weighted by molar-refractivity contribution is 5.77. The predicted molar refractivity (Wildman–Crippen MR) is 96.4 cm³/mol. The van der Waals surface area contributed by atoms with Crippen molar-refractivity contribution in [3.8, 4) is 11.5 Å². The van der Waals surface area contributed by atoms with Gasteiger partial charge in [0.15, 0.2) is 18.1 Å². The van der Waals surface area contributed by atoms with Crippen molar-refractivity contribution in [2.45, 2.75) is 13.3 Å². The van der Waals surface area contributed by atoms with Crippen molar-refractivity contribution in [3.05, 3.63) is 65.7 Å². The molecule has 126 valence electrons. The van der Waals surface area contributed by atoms with Crippen LogP contribution in [0.4, 0.5) is 0 Å². The Balaban J connectivity index is 1.81. The Labute approximate surface area is 143 Å².